The maximum absolute atomic E-state index is 11.1. The van der Waals surface area contributed by atoms with Crippen LogP contribution in [0.3, 0.4) is 0 Å². The highest BCUT2D eigenvalue weighted by Gasteiger charge is 2.13. The molecule has 0 amide bonds. The molecule has 2 rings (SSSR count). The Morgan fingerprint density at radius 3 is 2.84 bits per heavy atom. The second-order valence-corrected chi connectivity index (χ2v) is 4.27. The van der Waals surface area contributed by atoms with Crippen molar-refractivity contribution in [1.29, 1.82) is 0 Å². The molecule has 19 heavy (non-hydrogen) atoms. The van der Waals surface area contributed by atoms with Gasteiger partial charge in [-0.05, 0) is 11.5 Å². The van der Waals surface area contributed by atoms with E-state index < -0.39 is 5.97 Å². The lowest BCUT2D eigenvalue weighted by Crippen LogP contribution is -2.24. The summed E-state index contributed by atoms with van der Waals surface area (Å²) in [4.78, 5) is 17.3. The Hall–Kier alpha value is -2.14. The van der Waals surface area contributed by atoms with Crippen molar-refractivity contribution in [3.05, 3.63) is 36.0 Å². The molecule has 0 fully saturated rings. The molecule has 1 N–H and O–H groups in total. The van der Waals surface area contributed by atoms with Gasteiger partial charge in [-0.25, -0.2) is 9.78 Å². The monoisotopic (exact) mass is 260 g/mol. The SMILES string of the molecule is COCCN(C)c1nc(C(=O)O)cc2ccccc12. The van der Waals surface area contributed by atoms with Crippen LogP contribution in [-0.4, -0.2) is 43.4 Å². The van der Waals surface area contributed by atoms with Gasteiger partial charge in [0.2, 0.25) is 0 Å². The van der Waals surface area contributed by atoms with E-state index >= 15 is 0 Å². The van der Waals surface area contributed by atoms with E-state index in [0.717, 1.165) is 10.8 Å². The highest BCUT2D eigenvalue weighted by atomic mass is 16.5. The average molecular weight is 260 g/mol. The quantitative estimate of drug-likeness (QED) is 0.891. The minimum absolute atomic E-state index is 0.0537. The zero-order valence-corrected chi connectivity index (χ0v) is 11.0. The van der Waals surface area contributed by atoms with Gasteiger partial charge in [0.05, 0.1) is 6.61 Å². The van der Waals surface area contributed by atoms with Crippen LogP contribution in [0.15, 0.2) is 30.3 Å². The van der Waals surface area contributed by atoms with Crippen LogP contribution in [0.1, 0.15) is 10.5 Å². The standard InChI is InChI=1S/C14H16N2O3/c1-16(7-8-19-2)13-11-6-4-3-5-10(11)9-12(15-13)14(17)18/h3-6,9H,7-8H2,1-2H3,(H,17,18). The van der Waals surface area contributed by atoms with Crippen molar-refractivity contribution in [1.82, 2.24) is 4.98 Å². The van der Waals surface area contributed by atoms with Crippen LogP contribution in [0, 0.1) is 0 Å². The number of rotatable bonds is 5. The lowest BCUT2D eigenvalue weighted by Gasteiger charge is -2.20. The number of carboxylic acid groups (broad SMARTS) is 1. The number of hydrogen-bond acceptors (Lipinski definition) is 4. The lowest BCUT2D eigenvalue weighted by atomic mass is 10.1. The molecule has 5 heteroatoms. The average Bonchev–Trinajstić information content (AvgIpc) is 2.43. The summed E-state index contributed by atoms with van der Waals surface area (Å²) >= 11 is 0. The third-order valence-corrected chi connectivity index (χ3v) is 2.93. The Kier molecular flexibility index (Phi) is 3.97. The van der Waals surface area contributed by atoms with Gasteiger partial charge in [0.25, 0.3) is 0 Å². The molecule has 1 aromatic carbocycles. The summed E-state index contributed by atoms with van der Waals surface area (Å²) in [5.74, 6) is -0.361. The molecular weight excluding hydrogens is 244 g/mol. The fraction of sp³-hybridized carbons (Fsp3) is 0.286. The predicted octanol–water partition coefficient (Wildman–Crippen LogP) is 2.02. The summed E-state index contributed by atoms with van der Waals surface area (Å²) in [7, 11) is 3.51. The molecule has 100 valence electrons. The van der Waals surface area contributed by atoms with Crippen molar-refractivity contribution < 1.29 is 14.6 Å². The van der Waals surface area contributed by atoms with Crippen LogP contribution >= 0.6 is 0 Å². The molecule has 5 nitrogen and oxygen atoms in total. The number of aromatic nitrogens is 1. The molecule has 1 heterocycles. The van der Waals surface area contributed by atoms with Crippen LogP contribution in [0.2, 0.25) is 0 Å². The minimum Gasteiger partial charge on any atom is -0.477 e. The minimum atomic E-state index is -1.02. The summed E-state index contributed by atoms with van der Waals surface area (Å²) in [6, 6.07) is 9.21. The number of carboxylic acids is 1. The molecule has 0 aliphatic heterocycles. The number of carbonyl (C=O) groups is 1. The first-order valence-corrected chi connectivity index (χ1v) is 5.96. The van der Waals surface area contributed by atoms with Crippen LogP contribution in [0.25, 0.3) is 10.8 Å². The van der Waals surface area contributed by atoms with E-state index in [9.17, 15) is 4.79 Å². The molecule has 0 spiro atoms. The molecular formula is C14H16N2O3. The number of hydrogen-bond donors (Lipinski definition) is 1. The van der Waals surface area contributed by atoms with Gasteiger partial charge in [-0.3, -0.25) is 0 Å². The normalized spacial score (nSPS) is 10.6. The Morgan fingerprint density at radius 2 is 2.16 bits per heavy atom. The molecule has 0 saturated carbocycles. The largest absolute Gasteiger partial charge is 0.477 e. The molecule has 0 aliphatic rings. The first-order valence-electron chi connectivity index (χ1n) is 5.96. The van der Waals surface area contributed by atoms with Gasteiger partial charge in [-0.2, -0.15) is 0 Å². The fourth-order valence-corrected chi connectivity index (χ4v) is 1.92. The Labute approximate surface area is 111 Å². The maximum Gasteiger partial charge on any atom is 0.354 e. The fourth-order valence-electron chi connectivity index (χ4n) is 1.92. The van der Waals surface area contributed by atoms with Crippen molar-refractivity contribution >= 4 is 22.6 Å². The van der Waals surface area contributed by atoms with Crippen molar-refractivity contribution in [2.24, 2.45) is 0 Å². The number of fused-ring (bicyclic) bond motifs is 1. The maximum atomic E-state index is 11.1. The van der Waals surface area contributed by atoms with E-state index in [0.29, 0.717) is 19.0 Å². The summed E-state index contributed by atoms with van der Waals surface area (Å²) in [6.45, 7) is 1.21. The number of pyridine rings is 1. The van der Waals surface area contributed by atoms with E-state index in [1.807, 2.05) is 36.2 Å². The lowest BCUT2D eigenvalue weighted by molar-refractivity contribution is 0.0691. The number of benzene rings is 1. The van der Waals surface area contributed by atoms with Crippen LogP contribution in [-0.2, 0) is 4.74 Å². The Balaban J connectivity index is 2.53. The van der Waals surface area contributed by atoms with Gasteiger partial charge in [-0.1, -0.05) is 24.3 Å². The molecule has 0 aliphatic carbocycles. The van der Waals surface area contributed by atoms with Gasteiger partial charge in [-0.15, -0.1) is 0 Å². The predicted molar refractivity (Wildman–Crippen MR) is 73.8 cm³/mol. The Bertz CT molecular complexity index is 598. The number of aromatic carboxylic acids is 1. The number of likely N-dealkylation sites (N-methyl/N-ethyl adjacent to an activating group) is 1. The molecule has 0 unspecified atom stereocenters. The number of ether oxygens (including phenoxy) is 1. The van der Waals surface area contributed by atoms with Gasteiger partial charge < -0.3 is 14.7 Å². The van der Waals surface area contributed by atoms with E-state index in [4.69, 9.17) is 9.84 Å². The van der Waals surface area contributed by atoms with E-state index in [1.165, 1.54) is 0 Å². The second kappa shape index (κ2) is 5.67. The topological polar surface area (TPSA) is 62.7 Å². The molecule has 0 saturated heterocycles. The third-order valence-electron chi connectivity index (χ3n) is 2.93. The molecule has 0 bridgehead atoms. The summed E-state index contributed by atoms with van der Waals surface area (Å²) in [5, 5.41) is 10.9. The smallest absolute Gasteiger partial charge is 0.354 e. The van der Waals surface area contributed by atoms with Crippen molar-refractivity contribution in [2.45, 2.75) is 0 Å². The van der Waals surface area contributed by atoms with Crippen LogP contribution < -0.4 is 4.90 Å². The zero-order valence-electron chi connectivity index (χ0n) is 11.0. The molecule has 0 radical (unpaired) electrons. The number of anilines is 1. The van der Waals surface area contributed by atoms with Gasteiger partial charge >= 0.3 is 5.97 Å². The first-order chi connectivity index (χ1) is 9.13. The number of nitrogens with zero attached hydrogens (tertiary/aromatic N) is 2. The summed E-state index contributed by atoms with van der Waals surface area (Å²) < 4.78 is 5.04. The zero-order chi connectivity index (χ0) is 13.8. The van der Waals surface area contributed by atoms with Crippen LogP contribution in [0.4, 0.5) is 5.82 Å². The van der Waals surface area contributed by atoms with Gasteiger partial charge in [0.15, 0.2) is 5.69 Å². The highest BCUT2D eigenvalue weighted by Crippen LogP contribution is 2.24. The van der Waals surface area contributed by atoms with Crippen LogP contribution in [0.5, 0.6) is 0 Å². The molecule has 2 aromatic rings. The summed E-state index contributed by atoms with van der Waals surface area (Å²) in [5.41, 5.74) is 0.0537. The van der Waals surface area contributed by atoms with Gasteiger partial charge in [0, 0.05) is 26.1 Å². The van der Waals surface area contributed by atoms with Crippen molar-refractivity contribution in [3.8, 4) is 0 Å². The molecule has 0 atom stereocenters. The van der Waals surface area contributed by atoms with Gasteiger partial charge in [0.1, 0.15) is 5.82 Å². The van der Waals surface area contributed by atoms with Crippen molar-refractivity contribution in [3.63, 3.8) is 0 Å². The summed E-state index contributed by atoms with van der Waals surface area (Å²) in [6.07, 6.45) is 0. The number of methoxy groups -OCH3 is 1. The molecule has 1 aromatic heterocycles. The highest BCUT2D eigenvalue weighted by molar-refractivity contribution is 5.97. The van der Waals surface area contributed by atoms with E-state index in [1.54, 1.807) is 13.2 Å². The van der Waals surface area contributed by atoms with E-state index in [-0.39, 0.29) is 5.69 Å². The first kappa shape index (κ1) is 13.3. The second-order valence-electron chi connectivity index (χ2n) is 4.27. The van der Waals surface area contributed by atoms with Crippen molar-refractivity contribution in [2.75, 3.05) is 32.2 Å². The Morgan fingerprint density at radius 1 is 1.42 bits per heavy atom. The third kappa shape index (κ3) is 2.82. The van der Waals surface area contributed by atoms with E-state index in [2.05, 4.69) is 4.98 Å².